The molecule has 0 spiro atoms. The Hall–Kier alpha value is -0.610. The topological polar surface area (TPSA) is 54.4 Å². The lowest BCUT2D eigenvalue weighted by Crippen LogP contribution is -2.05. The molecule has 4 heteroatoms. The van der Waals surface area contributed by atoms with E-state index in [1.807, 2.05) is 19.9 Å². The van der Waals surface area contributed by atoms with Crippen molar-refractivity contribution in [2.75, 3.05) is 0 Å². The first kappa shape index (κ1) is 12.4. The van der Waals surface area contributed by atoms with Crippen molar-refractivity contribution in [1.82, 2.24) is 0 Å². The Balaban J connectivity index is 0.000000671. The van der Waals surface area contributed by atoms with Crippen molar-refractivity contribution in [3.8, 4) is 0 Å². The van der Waals surface area contributed by atoms with E-state index in [1.54, 1.807) is 13.0 Å². The molecule has 0 heterocycles. The molecule has 1 rings (SSSR count). The van der Waals surface area contributed by atoms with Crippen molar-refractivity contribution >= 4 is 10.1 Å². The molecule has 0 atom stereocenters. The van der Waals surface area contributed by atoms with Gasteiger partial charge in [-0.25, -0.2) is 0 Å². The predicted octanol–water partition coefficient (Wildman–Crippen LogP) is 2.52. The van der Waals surface area contributed by atoms with E-state index < -0.39 is 10.1 Å². The molecule has 1 aliphatic carbocycles. The van der Waals surface area contributed by atoms with Gasteiger partial charge in [-0.15, -0.1) is 0 Å². The van der Waals surface area contributed by atoms with Gasteiger partial charge >= 0.3 is 0 Å². The summed E-state index contributed by atoms with van der Waals surface area (Å²) in [5, 5.41) is 0. The van der Waals surface area contributed by atoms with Gasteiger partial charge in [0.1, 0.15) is 0 Å². The van der Waals surface area contributed by atoms with Crippen LogP contribution in [0.4, 0.5) is 0 Å². The summed E-state index contributed by atoms with van der Waals surface area (Å²) in [5.74, 6) is 0. The monoisotopic (exact) mass is 204 g/mol. The van der Waals surface area contributed by atoms with Crippen molar-refractivity contribution in [3.63, 3.8) is 0 Å². The molecule has 0 radical (unpaired) electrons. The van der Waals surface area contributed by atoms with Crippen LogP contribution in [0.25, 0.3) is 0 Å². The Labute approximate surface area is 79.9 Å². The quantitative estimate of drug-likeness (QED) is 0.668. The first-order valence-electron chi connectivity index (χ1n) is 4.35. The predicted molar refractivity (Wildman–Crippen MR) is 54.0 cm³/mol. The van der Waals surface area contributed by atoms with Crippen LogP contribution in [-0.2, 0) is 10.1 Å². The Morgan fingerprint density at radius 2 is 1.92 bits per heavy atom. The van der Waals surface area contributed by atoms with E-state index in [0.29, 0.717) is 18.4 Å². The van der Waals surface area contributed by atoms with Gasteiger partial charge in [0, 0.05) is 0 Å². The van der Waals surface area contributed by atoms with E-state index in [-0.39, 0.29) is 4.91 Å². The van der Waals surface area contributed by atoms with Crippen LogP contribution in [0.3, 0.4) is 0 Å². The molecule has 0 unspecified atom stereocenters. The minimum Gasteiger partial charge on any atom is -0.282 e. The lowest BCUT2D eigenvalue weighted by molar-refractivity contribution is 0.488. The minimum atomic E-state index is -3.95. The molecule has 0 saturated carbocycles. The van der Waals surface area contributed by atoms with Crippen molar-refractivity contribution in [3.05, 3.63) is 22.6 Å². The highest BCUT2D eigenvalue weighted by Gasteiger charge is 2.16. The standard InChI is InChI=1S/C7H10O3S.C2H6/c1-6-4-2-3-5-7(6)11(8,9)10;1-2/h2,4H,3,5H2,1H3,(H,8,9,10);1-2H3. The van der Waals surface area contributed by atoms with E-state index in [1.165, 1.54) is 0 Å². The highest BCUT2D eigenvalue weighted by molar-refractivity contribution is 7.89. The molecule has 3 nitrogen and oxygen atoms in total. The van der Waals surface area contributed by atoms with Crippen molar-refractivity contribution < 1.29 is 13.0 Å². The zero-order chi connectivity index (χ0) is 10.5. The van der Waals surface area contributed by atoms with Gasteiger partial charge in [0.05, 0.1) is 4.91 Å². The summed E-state index contributed by atoms with van der Waals surface area (Å²) in [6.45, 7) is 5.68. The molecule has 76 valence electrons. The van der Waals surface area contributed by atoms with Crippen LogP contribution in [0.1, 0.15) is 33.6 Å². The van der Waals surface area contributed by atoms with Gasteiger partial charge < -0.3 is 0 Å². The number of hydrogen-bond acceptors (Lipinski definition) is 2. The normalized spacial score (nSPS) is 16.6. The van der Waals surface area contributed by atoms with Crippen LogP contribution in [0, 0.1) is 0 Å². The maximum Gasteiger partial charge on any atom is 0.290 e. The number of allylic oxidation sites excluding steroid dienone is 4. The Morgan fingerprint density at radius 3 is 2.23 bits per heavy atom. The average Bonchev–Trinajstić information content (AvgIpc) is 2.07. The molecule has 0 aromatic carbocycles. The van der Waals surface area contributed by atoms with Crippen LogP contribution in [0.2, 0.25) is 0 Å². The first-order valence-corrected chi connectivity index (χ1v) is 5.79. The zero-order valence-electron chi connectivity index (χ0n) is 8.24. The highest BCUT2D eigenvalue weighted by Crippen LogP contribution is 2.22. The molecule has 0 aliphatic heterocycles. The Kier molecular flexibility index (Phi) is 4.95. The SMILES string of the molecule is CC.CC1=C(S(=O)(=O)O)CCC=C1. The fourth-order valence-electron chi connectivity index (χ4n) is 1.10. The second-order valence-electron chi connectivity index (χ2n) is 2.52. The molecule has 0 aromatic rings. The Morgan fingerprint density at radius 1 is 1.38 bits per heavy atom. The first-order chi connectivity index (χ1) is 6.02. The summed E-state index contributed by atoms with van der Waals surface area (Å²) in [4.78, 5) is 0.153. The molecule has 0 bridgehead atoms. The summed E-state index contributed by atoms with van der Waals surface area (Å²) < 4.78 is 30.0. The zero-order valence-corrected chi connectivity index (χ0v) is 9.06. The second kappa shape index (κ2) is 5.19. The molecule has 0 amide bonds. The van der Waals surface area contributed by atoms with Crippen molar-refractivity contribution in [2.45, 2.75) is 33.6 Å². The summed E-state index contributed by atoms with van der Waals surface area (Å²) in [7, 11) is -3.95. The largest absolute Gasteiger partial charge is 0.290 e. The molecule has 1 aliphatic rings. The minimum absolute atomic E-state index is 0.153. The summed E-state index contributed by atoms with van der Waals surface area (Å²) in [5.41, 5.74) is 0.638. The van der Waals surface area contributed by atoms with Gasteiger partial charge in [0.25, 0.3) is 10.1 Å². The third-order valence-electron chi connectivity index (χ3n) is 1.66. The highest BCUT2D eigenvalue weighted by atomic mass is 32.2. The van der Waals surface area contributed by atoms with E-state index in [4.69, 9.17) is 4.55 Å². The van der Waals surface area contributed by atoms with Gasteiger partial charge in [0.2, 0.25) is 0 Å². The molecular formula is C9H16O3S. The lowest BCUT2D eigenvalue weighted by atomic mass is 10.1. The maximum absolute atomic E-state index is 10.7. The molecular weight excluding hydrogens is 188 g/mol. The van der Waals surface area contributed by atoms with Crippen LogP contribution < -0.4 is 0 Å². The summed E-state index contributed by atoms with van der Waals surface area (Å²) in [6.07, 6.45) is 4.71. The van der Waals surface area contributed by atoms with Crippen LogP contribution in [0.5, 0.6) is 0 Å². The van der Waals surface area contributed by atoms with Gasteiger partial charge in [-0.1, -0.05) is 26.0 Å². The molecule has 0 saturated heterocycles. The summed E-state index contributed by atoms with van der Waals surface area (Å²) >= 11 is 0. The fraction of sp³-hybridized carbons (Fsp3) is 0.556. The average molecular weight is 204 g/mol. The van der Waals surface area contributed by atoms with Gasteiger partial charge in [-0.3, -0.25) is 4.55 Å². The van der Waals surface area contributed by atoms with E-state index in [0.717, 1.165) is 0 Å². The van der Waals surface area contributed by atoms with Gasteiger partial charge in [-0.2, -0.15) is 8.42 Å². The maximum atomic E-state index is 10.7. The van der Waals surface area contributed by atoms with E-state index in [2.05, 4.69) is 0 Å². The molecule has 13 heavy (non-hydrogen) atoms. The van der Waals surface area contributed by atoms with Crippen molar-refractivity contribution in [2.24, 2.45) is 0 Å². The lowest BCUT2D eigenvalue weighted by Gasteiger charge is -2.08. The molecule has 1 N–H and O–H groups in total. The summed E-state index contributed by atoms with van der Waals surface area (Å²) in [6, 6.07) is 0. The third kappa shape index (κ3) is 3.74. The number of hydrogen-bond donors (Lipinski definition) is 1. The van der Waals surface area contributed by atoms with Crippen LogP contribution in [0.15, 0.2) is 22.6 Å². The van der Waals surface area contributed by atoms with Crippen LogP contribution in [-0.4, -0.2) is 13.0 Å². The molecule has 0 aromatic heterocycles. The smallest absolute Gasteiger partial charge is 0.282 e. The van der Waals surface area contributed by atoms with Gasteiger partial charge in [0.15, 0.2) is 0 Å². The van der Waals surface area contributed by atoms with Gasteiger partial charge in [-0.05, 0) is 25.3 Å². The second-order valence-corrected chi connectivity index (χ2v) is 3.97. The van der Waals surface area contributed by atoms with Crippen molar-refractivity contribution in [1.29, 1.82) is 0 Å². The van der Waals surface area contributed by atoms with Crippen LogP contribution >= 0.6 is 0 Å². The Bertz CT molecular complexity index is 310. The number of rotatable bonds is 1. The fourth-order valence-corrected chi connectivity index (χ4v) is 1.95. The third-order valence-corrected chi connectivity index (χ3v) is 2.81. The van der Waals surface area contributed by atoms with E-state index >= 15 is 0 Å². The van der Waals surface area contributed by atoms with E-state index in [9.17, 15) is 8.42 Å². The molecule has 0 fully saturated rings.